The smallest absolute Gasteiger partial charge is 0.262 e. The maximum atomic E-state index is 12.3. The largest absolute Gasteiger partial charge is 0.497 e. The number of nitrogens with one attached hydrogen (secondary N) is 1. The van der Waals surface area contributed by atoms with Crippen molar-refractivity contribution in [1.82, 2.24) is 20.4 Å². The van der Waals surface area contributed by atoms with Crippen LogP contribution in [0, 0.1) is 0 Å². The van der Waals surface area contributed by atoms with Crippen LogP contribution >= 0.6 is 0 Å². The molecule has 0 spiro atoms. The third-order valence-corrected chi connectivity index (χ3v) is 4.42. The van der Waals surface area contributed by atoms with Gasteiger partial charge in [-0.05, 0) is 36.4 Å². The Morgan fingerprint density at radius 3 is 2.31 bits per heavy atom. The van der Waals surface area contributed by atoms with E-state index in [4.69, 9.17) is 9.15 Å². The van der Waals surface area contributed by atoms with Gasteiger partial charge >= 0.3 is 0 Å². The van der Waals surface area contributed by atoms with E-state index in [0.29, 0.717) is 28.3 Å². The van der Waals surface area contributed by atoms with E-state index in [0.717, 1.165) is 4.90 Å². The summed E-state index contributed by atoms with van der Waals surface area (Å²) in [6.45, 7) is -0.406. The molecule has 0 fully saturated rings. The number of ether oxygens (including phenoxy) is 1. The first-order valence-corrected chi connectivity index (χ1v) is 8.75. The molecule has 9 heteroatoms. The van der Waals surface area contributed by atoms with Crippen molar-refractivity contribution in [2.45, 2.75) is 6.54 Å². The molecule has 29 heavy (non-hydrogen) atoms. The Kier molecular flexibility index (Phi) is 4.78. The van der Waals surface area contributed by atoms with Gasteiger partial charge < -0.3 is 14.5 Å². The highest BCUT2D eigenvalue weighted by Crippen LogP contribution is 2.22. The molecule has 3 amide bonds. The normalized spacial score (nSPS) is 12.8. The number of carbonyl (C=O) groups excluding carboxylic acids is 3. The molecule has 9 nitrogen and oxygen atoms in total. The summed E-state index contributed by atoms with van der Waals surface area (Å²) in [5.41, 5.74) is 1.31. The highest BCUT2D eigenvalue weighted by Gasteiger charge is 2.36. The van der Waals surface area contributed by atoms with Crippen LogP contribution in [0.2, 0.25) is 0 Å². The third-order valence-electron chi connectivity index (χ3n) is 4.42. The molecular weight excluding hydrogens is 376 g/mol. The number of carbonyl (C=O) groups is 3. The number of aromatic nitrogens is 2. The van der Waals surface area contributed by atoms with Gasteiger partial charge in [-0.2, -0.15) is 0 Å². The number of fused-ring (bicyclic) bond motifs is 1. The molecule has 1 aromatic heterocycles. The van der Waals surface area contributed by atoms with E-state index < -0.39 is 17.7 Å². The zero-order valence-corrected chi connectivity index (χ0v) is 15.4. The summed E-state index contributed by atoms with van der Waals surface area (Å²) in [6.07, 6.45) is 0. The molecule has 146 valence electrons. The Hall–Kier alpha value is -4.01. The van der Waals surface area contributed by atoms with Crippen LogP contribution < -0.4 is 10.1 Å². The number of nitrogens with zero attached hydrogens (tertiary/aromatic N) is 3. The van der Waals surface area contributed by atoms with Crippen LogP contribution in [0.5, 0.6) is 5.75 Å². The van der Waals surface area contributed by atoms with Gasteiger partial charge in [0, 0.05) is 5.56 Å². The van der Waals surface area contributed by atoms with Crippen LogP contribution in [0.3, 0.4) is 0 Å². The molecule has 1 aliphatic rings. The Balaban J connectivity index is 1.35. The van der Waals surface area contributed by atoms with Crippen molar-refractivity contribution in [3.63, 3.8) is 0 Å². The van der Waals surface area contributed by atoms with Gasteiger partial charge in [-0.3, -0.25) is 19.3 Å². The molecule has 1 aliphatic heterocycles. The fourth-order valence-corrected chi connectivity index (χ4v) is 2.93. The molecule has 2 heterocycles. The summed E-state index contributed by atoms with van der Waals surface area (Å²) in [5.74, 6) is -0.276. The number of benzene rings is 2. The van der Waals surface area contributed by atoms with Crippen molar-refractivity contribution >= 4 is 17.7 Å². The molecule has 0 aliphatic carbocycles. The van der Waals surface area contributed by atoms with Gasteiger partial charge in [-0.1, -0.05) is 12.1 Å². The SMILES string of the molecule is COc1ccc(-c2nnc(CNC(=O)CN3C(=O)c4ccccc4C3=O)o2)cc1. The van der Waals surface area contributed by atoms with E-state index in [-0.39, 0.29) is 19.0 Å². The molecule has 0 saturated carbocycles. The van der Waals surface area contributed by atoms with E-state index in [2.05, 4.69) is 15.5 Å². The topological polar surface area (TPSA) is 115 Å². The second-order valence-corrected chi connectivity index (χ2v) is 6.25. The Bertz CT molecular complexity index is 1060. The minimum Gasteiger partial charge on any atom is -0.497 e. The predicted molar refractivity (Wildman–Crippen MR) is 99.9 cm³/mol. The Labute approximate surface area is 165 Å². The molecule has 2 aromatic carbocycles. The van der Waals surface area contributed by atoms with Crippen molar-refractivity contribution in [2.75, 3.05) is 13.7 Å². The number of imide groups is 1. The summed E-state index contributed by atoms with van der Waals surface area (Å²) in [6, 6.07) is 13.5. The monoisotopic (exact) mass is 392 g/mol. The molecule has 0 saturated heterocycles. The van der Waals surface area contributed by atoms with E-state index >= 15 is 0 Å². The summed E-state index contributed by atoms with van der Waals surface area (Å²) < 4.78 is 10.6. The van der Waals surface area contributed by atoms with Crippen LogP contribution in [0.15, 0.2) is 52.9 Å². The van der Waals surface area contributed by atoms with E-state index in [9.17, 15) is 14.4 Å². The van der Waals surface area contributed by atoms with Crippen molar-refractivity contribution in [3.05, 3.63) is 65.5 Å². The minimum absolute atomic E-state index is 0.0227. The van der Waals surface area contributed by atoms with Gasteiger partial charge in [-0.25, -0.2) is 0 Å². The molecule has 4 rings (SSSR count). The lowest BCUT2D eigenvalue weighted by Crippen LogP contribution is -2.40. The van der Waals surface area contributed by atoms with Gasteiger partial charge in [0.05, 0.1) is 24.8 Å². The average Bonchev–Trinajstić information content (AvgIpc) is 3.32. The second-order valence-electron chi connectivity index (χ2n) is 6.25. The van der Waals surface area contributed by atoms with Crippen LogP contribution in [-0.4, -0.2) is 46.5 Å². The van der Waals surface area contributed by atoms with Crippen LogP contribution in [0.25, 0.3) is 11.5 Å². The minimum atomic E-state index is -0.510. The van der Waals surface area contributed by atoms with Gasteiger partial charge in [0.15, 0.2) is 0 Å². The van der Waals surface area contributed by atoms with Gasteiger partial charge in [-0.15, -0.1) is 10.2 Å². The first kappa shape index (κ1) is 18.4. The predicted octanol–water partition coefficient (Wildman–Crippen LogP) is 1.66. The van der Waals surface area contributed by atoms with E-state index in [1.54, 1.807) is 55.6 Å². The molecular formula is C20H16N4O5. The van der Waals surface area contributed by atoms with Crippen LogP contribution in [0.1, 0.15) is 26.6 Å². The maximum absolute atomic E-state index is 12.3. The number of rotatable bonds is 6. The maximum Gasteiger partial charge on any atom is 0.262 e. The van der Waals surface area contributed by atoms with Crippen LogP contribution in [-0.2, 0) is 11.3 Å². The molecule has 0 bridgehead atoms. The molecule has 3 aromatic rings. The number of hydrogen-bond acceptors (Lipinski definition) is 7. The standard InChI is InChI=1S/C20H16N4O5/c1-28-13-8-6-12(7-9-13)18-23-22-17(29-18)10-21-16(25)11-24-19(26)14-4-2-3-5-15(14)20(24)27/h2-9H,10-11H2,1H3,(H,21,25). The summed E-state index contributed by atoms with van der Waals surface area (Å²) in [5, 5.41) is 10.4. The summed E-state index contributed by atoms with van der Waals surface area (Å²) >= 11 is 0. The van der Waals surface area contributed by atoms with Gasteiger partial charge in [0.25, 0.3) is 11.8 Å². The summed E-state index contributed by atoms with van der Waals surface area (Å²) in [4.78, 5) is 37.7. The molecule has 0 atom stereocenters. The summed E-state index contributed by atoms with van der Waals surface area (Å²) in [7, 11) is 1.57. The lowest BCUT2D eigenvalue weighted by atomic mass is 10.1. The third kappa shape index (κ3) is 3.57. The fraction of sp³-hybridized carbons (Fsp3) is 0.150. The quantitative estimate of drug-likeness (QED) is 0.635. The van der Waals surface area contributed by atoms with Gasteiger partial charge in [0.2, 0.25) is 17.7 Å². The number of hydrogen-bond donors (Lipinski definition) is 1. The van der Waals surface area contributed by atoms with Crippen molar-refractivity contribution in [2.24, 2.45) is 0 Å². The Morgan fingerprint density at radius 1 is 1.03 bits per heavy atom. The fourth-order valence-electron chi connectivity index (χ4n) is 2.93. The average molecular weight is 392 g/mol. The van der Waals surface area contributed by atoms with Crippen molar-refractivity contribution < 1.29 is 23.5 Å². The molecule has 1 N–H and O–H groups in total. The Morgan fingerprint density at radius 2 is 1.69 bits per heavy atom. The lowest BCUT2D eigenvalue weighted by molar-refractivity contribution is -0.121. The lowest BCUT2D eigenvalue weighted by Gasteiger charge is -2.12. The highest BCUT2D eigenvalue weighted by atomic mass is 16.5. The molecule has 0 unspecified atom stereocenters. The van der Waals surface area contributed by atoms with Crippen molar-refractivity contribution in [3.8, 4) is 17.2 Å². The first-order chi connectivity index (χ1) is 14.1. The first-order valence-electron chi connectivity index (χ1n) is 8.75. The zero-order valence-electron chi connectivity index (χ0n) is 15.4. The van der Waals surface area contributed by atoms with Gasteiger partial charge in [0.1, 0.15) is 12.3 Å². The molecule has 0 radical (unpaired) electrons. The second kappa shape index (κ2) is 7.55. The number of amides is 3. The highest BCUT2D eigenvalue weighted by molar-refractivity contribution is 6.22. The van der Waals surface area contributed by atoms with E-state index in [1.807, 2.05) is 0 Å². The van der Waals surface area contributed by atoms with Crippen molar-refractivity contribution in [1.29, 1.82) is 0 Å². The number of methoxy groups -OCH3 is 1. The van der Waals surface area contributed by atoms with E-state index in [1.165, 1.54) is 0 Å². The van der Waals surface area contributed by atoms with Crippen LogP contribution in [0.4, 0.5) is 0 Å². The zero-order chi connectivity index (χ0) is 20.4.